The molecule has 5 heteroatoms. The molecule has 4 nitrogen and oxygen atoms in total. The quantitative estimate of drug-likeness (QED) is 0.177. The van der Waals surface area contributed by atoms with E-state index in [1.54, 1.807) is 0 Å². The van der Waals surface area contributed by atoms with Crippen molar-refractivity contribution in [3.8, 4) is 34.0 Å². The molecular weight excluding hydrogens is 833 g/mol. The first-order valence-corrected chi connectivity index (χ1v) is 23.6. The average Bonchev–Trinajstić information content (AvgIpc) is 4.04. The van der Waals surface area contributed by atoms with Crippen LogP contribution < -0.4 is 0 Å². The number of fused-ring (bicyclic) bond motifs is 14. The normalized spacial score (nSPS) is 12.2. The fraction of sp³-hybridized carbons (Fsp3) is 0. The number of nitrogens with zero attached hydrogens (tertiary/aromatic N) is 4. The van der Waals surface area contributed by atoms with Crippen LogP contribution in [0.5, 0.6) is 0 Å². The largest absolute Gasteiger partial charge is 0.309 e. The zero-order valence-corrected chi connectivity index (χ0v) is 36.8. The lowest BCUT2D eigenvalue weighted by molar-refractivity contribution is 1.18. The summed E-state index contributed by atoms with van der Waals surface area (Å²) in [5.74, 6) is 0.732. The zero-order valence-electron chi connectivity index (χ0n) is 36.0. The number of hydrogen-bond acceptors (Lipinski definition) is 3. The summed E-state index contributed by atoms with van der Waals surface area (Å²) in [5.41, 5.74) is 11.0. The highest BCUT2D eigenvalue weighted by molar-refractivity contribution is 7.25. The highest BCUT2D eigenvalue weighted by Crippen LogP contribution is 2.41. The summed E-state index contributed by atoms with van der Waals surface area (Å²) in [6, 6.07) is 79.8. The van der Waals surface area contributed by atoms with Crippen molar-refractivity contribution in [2.24, 2.45) is 0 Å². The molecule has 4 aromatic heterocycles. The molecule has 0 saturated carbocycles. The van der Waals surface area contributed by atoms with E-state index in [9.17, 15) is 0 Å². The second-order valence-corrected chi connectivity index (χ2v) is 18.8. The number of thiophene rings is 1. The highest BCUT2D eigenvalue weighted by Gasteiger charge is 2.19. The van der Waals surface area contributed by atoms with Gasteiger partial charge in [-0.1, -0.05) is 140 Å². The van der Waals surface area contributed by atoms with Gasteiger partial charge in [0, 0.05) is 69.6 Å². The Kier molecular flexibility index (Phi) is 7.63. The molecule has 15 aromatic rings. The molecule has 0 saturated heterocycles. The molecule has 11 aromatic carbocycles. The van der Waals surface area contributed by atoms with Gasteiger partial charge < -0.3 is 9.13 Å². The third kappa shape index (κ3) is 5.46. The van der Waals surface area contributed by atoms with E-state index in [2.05, 4.69) is 228 Å². The topological polar surface area (TPSA) is 35.6 Å². The van der Waals surface area contributed by atoms with Gasteiger partial charge in [0.25, 0.3) is 0 Å². The van der Waals surface area contributed by atoms with Gasteiger partial charge in [-0.3, -0.25) is 0 Å². The lowest BCUT2D eigenvalue weighted by Gasteiger charge is -2.13. The minimum atomic E-state index is 0.732. The first-order valence-electron chi connectivity index (χ1n) is 22.8. The number of benzene rings is 11. The molecule has 0 bridgehead atoms. The maximum Gasteiger partial charge on any atom is 0.160 e. The summed E-state index contributed by atoms with van der Waals surface area (Å²) in [5, 5.41) is 15.9. The molecule has 0 aliphatic carbocycles. The monoisotopic (exact) mass is 868 g/mol. The van der Waals surface area contributed by atoms with Crippen molar-refractivity contribution in [3.63, 3.8) is 0 Å². The third-order valence-electron chi connectivity index (χ3n) is 14.0. The van der Waals surface area contributed by atoms with Crippen molar-refractivity contribution in [1.29, 1.82) is 0 Å². The second-order valence-electron chi connectivity index (χ2n) is 17.8. The van der Waals surface area contributed by atoms with Crippen LogP contribution in [-0.4, -0.2) is 19.1 Å². The molecule has 0 amide bonds. The Morgan fingerprint density at radius 2 is 0.940 bits per heavy atom. The molecule has 0 N–H and O–H groups in total. The number of aromatic nitrogens is 4. The van der Waals surface area contributed by atoms with Crippen LogP contribution in [0.2, 0.25) is 0 Å². The summed E-state index contributed by atoms with van der Waals surface area (Å²) < 4.78 is 7.40. The standard InChI is InChI=1S/C62H36N4S/c1-2-12-46-38(11-1)26-30-56-60(46)51-16-5-9-19-55(51)65(56)44-28-24-39-35-57-52(34-43(39)33-44)47-13-4-8-18-54(47)66(57)45-27-23-37-21-22-40(31-42(37)32-45)61-50-15-3-7-17-53(50)63-62(64-61)41-25-29-49-48-14-6-10-20-58(48)67-59(49)36-41/h1-36H. The van der Waals surface area contributed by atoms with Crippen LogP contribution in [0, 0.1) is 0 Å². The molecular formula is C62H36N4S. The van der Waals surface area contributed by atoms with Crippen LogP contribution in [0.25, 0.3) is 141 Å². The number of para-hydroxylation sites is 3. The maximum absolute atomic E-state index is 5.34. The Hall–Kier alpha value is -8.64. The number of rotatable bonds is 4. The maximum atomic E-state index is 5.34. The van der Waals surface area contributed by atoms with Gasteiger partial charge in [-0.15, -0.1) is 11.3 Å². The first kappa shape index (κ1) is 36.7. The van der Waals surface area contributed by atoms with Gasteiger partial charge in [-0.05, 0) is 111 Å². The van der Waals surface area contributed by atoms with Crippen molar-refractivity contribution in [2.45, 2.75) is 0 Å². The number of hydrogen-bond donors (Lipinski definition) is 0. The molecule has 0 atom stereocenters. The summed E-state index contributed by atoms with van der Waals surface area (Å²) >= 11 is 1.82. The van der Waals surface area contributed by atoms with E-state index in [0.29, 0.717) is 0 Å². The van der Waals surface area contributed by atoms with E-state index in [-0.39, 0.29) is 0 Å². The van der Waals surface area contributed by atoms with E-state index in [4.69, 9.17) is 9.97 Å². The lowest BCUT2D eigenvalue weighted by Crippen LogP contribution is -1.96. The summed E-state index contributed by atoms with van der Waals surface area (Å²) in [6.07, 6.45) is 0. The van der Waals surface area contributed by atoms with Gasteiger partial charge in [0.1, 0.15) is 0 Å². The third-order valence-corrected chi connectivity index (χ3v) is 15.2. The van der Waals surface area contributed by atoms with Crippen molar-refractivity contribution >= 4 is 118 Å². The fourth-order valence-corrected chi connectivity index (χ4v) is 12.1. The Morgan fingerprint density at radius 3 is 1.81 bits per heavy atom. The van der Waals surface area contributed by atoms with Crippen LogP contribution in [-0.2, 0) is 0 Å². The van der Waals surface area contributed by atoms with E-state index >= 15 is 0 Å². The predicted molar refractivity (Wildman–Crippen MR) is 284 cm³/mol. The van der Waals surface area contributed by atoms with E-state index in [0.717, 1.165) is 50.3 Å². The molecule has 0 fully saturated rings. The van der Waals surface area contributed by atoms with Gasteiger partial charge in [0.05, 0.1) is 33.3 Å². The van der Waals surface area contributed by atoms with Crippen molar-refractivity contribution < 1.29 is 0 Å². The molecule has 0 aliphatic heterocycles. The Balaban J connectivity index is 0.872. The van der Waals surface area contributed by atoms with Crippen LogP contribution in [0.4, 0.5) is 0 Å². The van der Waals surface area contributed by atoms with Crippen LogP contribution in [0.1, 0.15) is 0 Å². The summed E-state index contributed by atoms with van der Waals surface area (Å²) in [4.78, 5) is 10.5. The van der Waals surface area contributed by atoms with Crippen LogP contribution in [0.3, 0.4) is 0 Å². The smallest absolute Gasteiger partial charge is 0.160 e. The van der Waals surface area contributed by atoms with E-state index in [1.165, 1.54) is 90.7 Å². The SMILES string of the molecule is c1ccc2c(c1)ccc1c2c2ccccc2n1-c1ccc2cc3c(cc2c1)c1ccccc1n3-c1ccc2ccc(-c3nc(-c4ccc5c(c4)sc4ccccc45)nc4ccccc34)cc2c1. The summed E-state index contributed by atoms with van der Waals surface area (Å²) in [7, 11) is 0. The highest BCUT2D eigenvalue weighted by atomic mass is 32.1. The Morgan fingerprint density at radius 1 is 0.313 bits per heavy atom. The predicted octanol–water partition coefficient (Wildman–Crippen LogP) is 17.0. The average molecular weight is 869 g/mol. The van der Waals surface area contributed by atoms with Gasteiger partial charge >= 0.3 is 0 Å². The minimum absolute atomic E-state index is 0.732. The molecule has 0 radical (unpaired) electrons. The Bertz CT molecular complexity index is 4590. The van der Waals surface area contributed by atoms with Crippen molar-refractivity contribution in [1.82, 2.24) is 19.1 Å². The van der Waals surface area contributed by atoms with Crippen LogP contribution in [0.15, 0.2) is 218 Å². The van der Waals surface area contributed by atoms with Gasteiger partial charge in [0.15, 0.2) is 5.82 Å². The van der Waals surface area contributed by atoms with Gasteiger partial charge in [0.2, 0.25) is 0 Å². The molecule has 15 rings (SSSR count). The van der Waals surface area contributed by atoms with Crippen LogP contribution >= 0.6 is 11.3 Å². The Labute approximate surface area is 387 Å². The molecule has 0 unspecified atom stereocenters. The van der Waals surface area contributed by atoms with E-state index < -0.39 is 0 Å². The fourth-order valence-electron chi connectivity index (χ4n) is 10.9. The molecule has 0 spiro atoms. The van der Waals surface area contributed by atoms with Crippen molar-refractivity contribution in [3.05, 3.63) is 218 Å². The first-order chi connectivity index (χ1) is 33.2. The minimum Gasteiger partial charge on any atom is -0.309 e. The van der Waals surface area contributed by atoms with Crippen molar-refractivity contribution in [2.75, 3.05) is 0 Å². The zero-order chi connectivity index (χ0) is 43.7. The lowest BCUT2D eigenvalue weighted by atomic mass is 10.0. The van der Waals surface area contributed by atoms with E-state index in [1.807, 2.05) is 11.3 Å². The second kappa shape index (κ2) is 13.9. The van der Waals surface area contributed by atoms with Gasteiger partial charge in [-0.25, -0.2) is 9.97 Å². The molecule has 310 valence electrons. The molecule has 4 heterocycles. The summed E-state index contributed by atoms with van der Waals surface area (Å²) in [6.45, 7) is 0. The molecule has 0 aliphatic rings. The molecule has 67 heavy (non-hydrogen) atoms. The van der Waals surface area contributed by atoms with Gasteiger partial charge in [-0.2, -0.15) is 0 Å².